The quantitative estimate of drug-likeness (QED) is 0.796. The van der Waals surface area contributed by atoms with Crippen LogP contribution in [0.15, 0.2) is 48.5 Å². The zero-order valence-corrected chi connectivity index (χ0v) is 12.3. The van der Waals surface area contributed by atoms with Crippen LogP contribution in [-0.4, -0.2) is 32.7 Å². The summed E-state index contributed by atoms with van der Waals surface area (Å²) >= 11 is 0. The van der Waals surface area contributed by atoms with E-state index in [4.69, 9.17) is 19.3 Å². The van der Waals surface area contributed by atoms with Gasteiger partial charge in [-0.15, -0.1) is 0 Å². The Morgan fingerprint density at radius 3 is 1.57 bits per heavy atom. The van der Waals surface area contributed by atoms with E-state index in [1.807, 2.05) is 48.5 Å². The molecule has 0 radical (unpaired) electrons. The highest BCUT2D eigenvalue weighted by atomic mass is 16.6. The molecule has 4 heteroatoms. The van der Waals surface area contributed by atoms with Crippen LogP contribution in [0.4, 0.5) is 0 Å². The number of hydrogen-bond acceptors (Lipinski definition) is 4. The first-order chi connectivity index (χ1) is 10.3. The number of hydrogen-bond donors (Lipinski definition) is 1. The first-order valence-corrected chi connectivity index (χ1v) is 6.75. The molecule has 0 aliphatic rings. The summed E-state index contributed by atoms with van der Waals surface area (Å²) < 4.78 is 15.6. The number of benzene rings is 2. The summed E-state index contributed by atoms with van der Waals surface area (Å²) in [6.07, 6.45) is 0. The Morgan fingerprint density at radius 2 is 1.24 bits per heavy atom. The maximum absolute atomic E-state index is 8.91. The number of methoxy groups -OCH3 is 2. The molecule has 0 fully saturated rings. The number of rotatable bonds is 7. The molecule has 2 rings (SSSR count). The molecule has 1 N–H and O–H groups in total. The van der Waals surface area contributed by atoms with Crippen LogP contribution >= 0.6 is 0 Å². The molecule has 0 aliphatic carbocycles. The molecule has 2 aromatic carbocycles. The Morgan fingerprint density at radius 1 is 0.810 bits per heavy atom. The molecule has 0 saturated carbocycles. The van der Waals surface area contributed by atoms with Gasteiger partial charge in [0.2, 0.25) is 0 Å². The smallest absolute Gasteiger partial charge is 0.143 e. The summed E-state index contributed by atoms with van der Waals surface area (Å²) in [5.74, 6) is 1.68. The highest BCUT2D eigenvalue weighted by Crippen LogP contribution is 2.28. The van der Waals surface area contributed by atoms with Crippen molar-refractivity contribution in [2.24, 2.45) is 0 Å². The van der Waals surface area contributed by atoms with Gasteiger partial charge in [0.25, 0.3) is 0 Å². The van der Waals surface area contributed by atoms with Gasteiger partial charge in [-0.3, -0.25) is 0 Å². The van der Waals surface area contributed by atoms with Crippen LogP contribution in [0.1, 0.15) is 17.0 Å². The molecule has 0 bridgehead atoms. The van der Waals surface area contributed by atoms with Gasteiger partial charge in [-0.25, -0.2) is 0 Å². The predicted octanol–water partition coefficient (Wildman–Crippen LogP) is 2.80. The van der Waals surface area contributed by atoms with Crippen molar-refractivity contribution in [2.45, 2.75) is 5.92 Å². The Bertz CT molecular complexity index is 486. The molecule has 0 amide bonds. The third-order valence-electron chi connectivity index (χ3n) is 3.41. The Hall–Kier alpha value is -2.04. The van der Waals surface area contributed by atoms with Crippen molar-refractivity contribution < 1.29 is 19.3 Å². The molecular formula is C17H20O4. The summed E-state index contributed by atoms with van der Waals surface area (Å²) in [6.45, 7) is 0.123. The van der Waals surface area contributed by atoms with Crippen LogP contribution in [0, 0.1) is 0 Å². The molecule has 4 nitrogen and oxygen atoms in total. The van der Waals surface area contributed by atoms with Crippen LogP contribution in [0.2, 0.25) is 0 Å². The van der Waals surface area contributed by atoms with Crippen LogP contribution in [-0.2, 0) is 4.74 Å². The fourth-order valence-corrected chi connectivity index (χ4v) is 2.23. The van der Waals surface area contributed by atoms with Gasteiger partial charge in [-0.05, 0) is 35.4 Å². The van der Waals surface area contributed by atoms with Crippen molar-refractivity contribution in [3.63, 3.8) is 0 Å². The van der Waals surface area contributed by atoms with Gasteiger partial charge >= 0.3 is 0 Å². The zero-order chi connectivity index (χ0) is 15.1. The molecule has 0 unspecified atom stereocenters. The van der Waals surface area contributed by atoms with E-state index in [2.05, 4.69) is 0 Å². The minimum atomic E-state index is -0.289. The molecule has 0 spiro atoms. The van der Waals surface area contributed by atoms with Crippen molar-refractivity contribution in [2.75, 3.05) is 27.6 Å². The summed E-state index contributed by atoms with van der Waals surface area (Å²) in [4.78, 5) is 0. The van der Waals surface area contributed by atoms with Gasteiger partial charge < -0.3 is 19.3 Å². The Labute approximate surface area is 124 Å². The largest absolute Gasteiger partial charge is 0.497 e. The minimum Gasteiger partial charge on any atom is -0.497 e. The third kappa shape index (κ3) is 3.97. The molecule has 2 aromatic rings. The number of aliphatic hydroxyl groups is 1. The van der Waals surface area contributed by atoms with Crippen molar-refractivity contribution >= 4 is 0 Å². The number of ether oxygens (including phenoxy) is 3. The van der Waals surface area contributed by atoms with Gasteiger partial charge in [-0.1, -0.05) is 24.3 Å². The van der Waals surface area contributed by atoms with Gasteiger partial charge in [-0.2, -0.15) is 0 Å². The Balaban J connectivity index is 2.26. The lowest BCUT2D eigenvalue weighted by Crippen LogP contribution is -2.10. The fraction of sp³-hybridized carbons (Fsp3) is 0.294. The molecule has 0 heterocycles. The highest BCUT2D eigenvalue weighted by molar-refractivity contribution is 5.38. The number of aliphatic hydroxyl groups excluding tert-OH is 1. The van der Waals surface area contributed by atoms with E-state index in [1.165, 1.54) is 0 Å². The summed E-state index contributed by atoms with van der Waals surface area (Å²) in [5.41, 5.74) is 2.21. The fourth-order valence-electron chi connectivity index (χ4n) is 2.23. The summed E-state index contributed by atoms with van der Waals surface area (Å²) in [7, 11) is 3.29. The monoisotopic (exact) mass is 288 g/mol. The second-order valence-electron chi connectivity index (χ2n) is 4.60. The zero-order valence-electron chi connectivity index (χ0n) is 12.3. The van der Waals surface area contributed by atoms with Gasteiger partial charge in [0.05, 0.1) is 20.8 Å². The first-order valence-electron chi connectivity index (χ1n) is 6.75. The van der Waals surface area contributed by atoms with E-state index in [0.717, 1.165) is 22.6 Å². The molecule has 21 heavy (non-hydrogen) atoms. The van der Waals surface area contributed by atoms with Crippen LogP contribution in [0.5, 0.6) is 11.5 Å². The van der Waals surface area contributed by atoms with Gasteiger partial charge in [0.15, 0.2) is 0 Å². The summed E-state index contributed by atoms with van der Waals surface area (Å²) in [6, 6.07) is 15.7. The van der Waals surface area contributed by atoms with E-state index >= 15 is 0 Å². The maximum Gasteiger partial charge on any atom is 0.143 e. The van der Waals surface area contributed by atoms with Crippen LogP contribution in [0.3, 0.4) is 0 Å². The second-order valence-corrected chi connectivity index (χ2v) is 4.60. The van der Waals surface area contributed by atoms with Crippen LogP contribution < -0.4 is 9.47 Å². The molecule has 0 atom stereocenters. The predicted molar refractivity (Wildman–Crippen MR) is 80.9 cm³/mol. The SMILES string of the molecule is COc1ccc(C(COCO)c2ccc(OC)cc2)cc1. The van der Waals surface area contributed by atoms with Crippen molar-refractivity contribution in [3.05, 3.63) is 59.7 Å². The average Bonchev–Trinajstić information content (AvgIpc) is 2.56. The second kappa shape index (κ2) is 7.67. The van der Waals surface area contributed by atoms with Crippen LogP contribution in [0.25, 0.3) is 0 Å². The standard InChI is InChI=1S/C17H20O4/c1-19-15-7-3-13(4-8-15)17(11-21-12-18)14-5-9-16(20-2)10-6-14/h3-10,17-18H,11-12H2,1-2H3. The minimum absolute atomic E-state index is 0.0500. The molecule has 0 saturated heterocycles. The lowest BCUT2D eigenvalue weighted by atomic mass is 9.92. The summed E-state index contributed by atoms with van der Waals surface area (Å²) in [5, 5.41) is 8.91. The average molecular weight is 288 g/mol. The Kier molecular flexibility index (Phi) is 5.60. The van der Waals surface area contributed by atoms with Gasteiger partial charge in [0.1, 0.15) is 18.3 Å². The lowest BCUT2D eigenvalue weighted by Gasteiger charge is -2.18. The van der Waals surface area contributed by atoms with E-state index < -0.39 is 0 Å². The first kappa shape index (κ1) is 15.4. The van der Waals surface area contributed by atoms with Gasteiger partial charge in [0, 0.05) is 5.92 Å². The van der Waals surface area contributed by atoms with Crippen molar-refractivity contribution in [1.82, 2.24) is 0 Å². The van der Waals surface area contributed by atoms with E-state index in [9.17, 15) is 0 Å². The molecule has 0 aromatic heterocycles. The van der Waals surface area contributed by atoms with E-state index in [1.54, 1.807) is 14.2 Å². The topological polar surface area (TPSA) is 47.9 Å². The van der Waals surface area contributed by atoms with Crippen molar-refractivity contribution in [1.29, 1.82) is 0 Å². The molecule has 112 valence electrons. The third-order valence-corrected chi connectivity index (χ3v) is 3.41. The molecule has 0 aliphatic heterocycles. The highest BCUT2D eigenvalue weighted by Gasteiger charge is 2.15. The van der Waals surface area contributed by atoms with Crippen molar-refractivity contribution in [3.8, 4) is 11.5 Å². The maximum atomic E-state index is 8.91. The normalized spacial score (nSPS) is 10.7. The lowest BCUT2D eigenvalue weighted by molar-refractivity contribution is -0.00442. The molecular weight excluding hydrogens is 268 g/mol. The van der Waals surface area contributed by atoms with E-state index in [-0.39, 0.29) is 12.7 Å². The van der Waals surface area contributed by atoms with E-state index in [0.29, 0.717) is 6.61 Å².